The van der Waals surface area contributed by atoms with Gasteiger partial charge in [-0.25, -0.2) is 0 Å². The van der Waals surface area contributed by atoms with E-state index in [0.717, 1.165) is 5.56 Å². The summed E-state index contributed by atoms with van der Waals surface area (Å²) in [5, 5.41) is 30.2. The quantitative estimate of drug-likeness (QED) is 0.539. The van der Waals surface area contributed by atoms with Crippen molar-refractivity contribution in [3.05, 3.63) is 42.0 Å². The highest BCUT2D eigenvalue weighted by Gasteiger charge is 2.26. The molecule has 0 bridgehead atoms. The molecule has 0 aromatic heterocycles. The molecule has 0 aliphatic rings. The Morgan fingerprint density at radius 2 is 1.59 bits per heavy atom. The summed E-state index contributed by atoms with van der Waals surface area (Å²) in [6, 6.07) is 9.81. The van der Waals surface area contributed by atoms with Crippen molar-refractivity contribution in [1.29, 1.82) is 0 Å². The van der Waals surface area contributed by atoms with Crippen LogP contribution in [0.25, 0.3) is 6.08 Å². The van der Waals surface area contributed by atoms with E-state index in [1.54, 1.807) is 0 Å². The molecule has 1 aromatic rings. The Morgan fingerprint density at radius 1 is 1.00 bits per heavy atom. The first-order valence-corrected chi connectivity index (χ1v) is 5.55. The molecule has 0 atom stereocenters. The number of benzene rings is 1. The average Bonchev–Trinajstić information content (AvgIpc) is 2.41. The van der Waals surface area contributed by atoms with Crippen LogP contribution in [0.5, 0.6) is 0 Å². The van der Waals surface area contributed by atoms with Crippen molar-refractivity contribution in [3.8, 4) is 0 Å². The molecule has 0 heterocycles. The fourth-order valence-electron chi connectivity index (χ4n) is 1.35. The minimum absolute atomic E-state index is 0.306. The van der Waals surface area contributed by atoms with E-state index in [9.17, 15) is 0 Å². The Labute approximate surface area is 101 Å². The van der Waals surface area contributed by atoms with Crippen molar-refractivity contribution >= 4 is 6.08 Å². The molecule has 4 heteroatoms. The molecule has 0 spiro atoms. The first-order valence-electron chi connectivity index (χ1n) is 5.55. The second-order valence-electron chi connectivity index (χ2n) is 3.95. The molecule has 0 saturated carbocycles. The van der Waals surface area contributed by atoms with Gasteiger partial charge in [0.25, 0.3) is 0 Å². The lowest BCUT2D eigenvalue weighted by molar-refractivity contribution is 0.0452. The van der Waals surface area contributed by atoms with Crippen LogP contribution in [0.3, 0.4) is 0 Å². The Balaban J connectivity index is 2.44. The normalized spacial score (nSPS) is 12.2. The summed E-state index contributed by atoms with van der Waals surface area (Å²) in [6.45, 7) is -0.450. The molecular formula is C13H19NO3. The zero-order valence-electron chi connectivity index (χ0n) is 9.71. The molecule has 0 radical (unpaired) electrons. The second-order valence-corrected chi connectivity index (χ2v) is 3.95. The minimum atomic E-state index is -1.01. The molecule has 94 valence electrons. The fraction of sp³-hybridized carbons (Fsp3) is 0.385. The number of hydrogen-bond acceptors (Lipinski definition) is 4. The van der Waals surface area contributed by atoms with Gasteiger partial charge in [-0.1, -0.05) is 42.5 Å². The van der Waals surface area contributed by atoms with Crippen LogP contribution in [0.4, 0.5) is 0 Å². The molecule has 0 fully saturated rings. The highest BCUT2D eigenvalue weighted by Crippen LogP contribution is 2.03. The van der Waals surface area contributed by atoms with Crippen molar-refractivity contribution in [2.24, 2.45) is 0 Å². The standard InChI is InChI=1S/C13H19NO3/c15-9-13(10-16,11-17)14-8-4-7-12-5-2-1-3-6-12/h1-7,14-17H,8-11H2/b7-4+. The number of aliphatic hydroxyl groups is 3. The lowest BCUT2D eigenvalue weighted by atomic mass is 10.0. The zero-order valence-corrected chi connectivity index (χ0v) is 9.71. The molecule has 4 nitrogen and oxygen atoms in total. The number of rotatable bonds is 7. The largest absolute Gasteiger partial charge is 0.394 e. The SMILES string of the molecule is OCC(CO)(CO)NC/C=C/c1ccccc1. The van der Waals surface area contributed by atoms with E-state index in [-0.39, 0.29) is 19.8 Å². The first kappa shape index (κ1) is 13.9. The first-order chi connectivity index (χ1) is 8.26. The van der Waals surface area contributed by atoms with Gasteiger partial charge in [-0.15, -0.1) is 0 Å². The maximum absolute atomic E-state index is 9.09. The van der Waals surface area contributed by atoms with Crippen LogP contribution in [0.15, 0.2) is 36.4 Å². The van der Waals surface area contributed by atoms with E-state index < -0.39 is 5.54 Å². The third-order valence-electron chi connectivity index (χ3n) is 2.61. The molecule has 1 rings (SSSR count). The van der Waals surface area contributed by atoms with Crippen LogP contribution in [0, 0.1) is 0 Å². The van der Waals surface area contributed by atoms with Gasteiger partial charge in [0.05, 0.1) is 25.4 Å². The molecular weight excluding hydrogens is 218 g/mol. The molecule has 4 N–H and O–H groups in total. The highest BCUT2D eigenvalue weighted by atomic mass is 16.3. The van der Waals surface area contributed by atoms with Crippen LogP contribution < -0.4 is 5.32 Å². The van der Waals surface area contributed by atoms with Gasteiger partial charge in [0.2, 0.25) is 0 Å². The van der Waals surface area contributed by atoms with Crippen molar-refractivity contribution < 1.29 is 15.3 Å². The molecule has 0 aliphatic heterocycles. The minimum Gasteiger partial charge on any atom is -0.394 e. The van der Waals surface area contributed by atoms with Crippen LogP contribution in [-0.4, -0.2) is 47.2 Å². The molecule has 0 saturated heterocycles. The summed E-state index contributed by atoms with van der Waals surface area (Å²) in [7, 11) is 0. The molecule has 17 heavy (non-hydrogen) atoms. The third kappa shape index (κ3) is 4.28. The Bertz CT molecular complexity index is 326. The van der Waals surface area contributed by atoms with Gasteiger partial charge >= 0.3 is 0 Å². The average molecular weight is 237 g/mol. The smallest absolute Gasteiger partial charge is 0.0884 e. The lowest BCUT2D eigenvalue weighted by Gasteiger charge is -2.28. The van der Waals surface area contributed by atoms with E-state index >= 15 is 0 Å². The van der Waals surface area contributed by atoms with Crippen molar-refractivity contribution in [2.75, 3.05) is 26.4 Å². The molecule has 1 aromatic carbocycles. The van der Waals surface area contributed by atoms with E-state index in [0.29, 0.717) is 6.54 Å². The second kappa shape index (κ2) is 7.19. The third-order valence-corrected chi connectivity index (χ3v) is 2.61. The van der Waals surface area contributed by atoms with Crippen LogP contribution in [-0.2, 0) is 0 Å². The molecule has 0 amide bonds. The Morgan fingerprint density at radius 3 is 2.12 bits per heavy atom. The Hall–Kier alpha value is -1.20. The van der Waals surface area contributed by atoms with Gasteiger partial charge < -0.3 is 20.6 Å². The van der Waals surface area contributed by atoms with Gasteiger partial charge in [0, 0.05) is 6.54 Å². The predicted octanol–water partition coefficient (Wildman–Crippen LogP) is 0.00510. The summed E-state index contributed by atoms with van der Waals surface area (Å²) in [4.78, 5) is 0. The summed E-state index contributed by atoms with van der Waals surface area (Å²) in [5.74, 6) is 0. The zero-order chi connectivity index (χ0) is 12.6. The van der Waals surface area contributed by atoms with Crippen LogP contribution in [0.1, 0.15) is 5.56 Å². The van der Waals surface area contributed by atoms with Crippen molar-refractivity contribution in [2.45, 2.75) is 5.54 Å². The summed E-state index contributed by atoms with van der Waals surface area (Å²) in [5.41, 5.74) is 0.0676. The van der Waals surface area contributed by atoms with E-state index in [1.165, 1.54) is 0 Å². The van der Waals surface area contributed by atoms with E-state index in [4.69, 9.17) is 15.3 Å². The number of aliphatic hydroxyl groups excluding tert-OH is 3. The summed E-state index contributed by atoms with van der Waals surface area (Å²) >= 11 is 0. The van der Waals surface area contributed by atoms with Gasteiger partial charge in [-0.3, -0.25) is 0 Å². The molecule has 0 aliphatic carbocycles. The monoisotopic (exact) mass is 237 g/mol. The number of nitrogens with one attached hydrogen (secondary N) is 1. The lowest BCUT2D eigenvalue weighted by Crippen LogP contribution is -2.54. The predicted molar refractivity (Wildman–Crippen MR) is 67.5 cm³/mol. The van der Waals surface area contributed by atoms with Gasteiger partial charge in [0.1, 0.15) is 0 Å². The van der Waals surface area contributed by atoms with Crippen molar-refractivity contribution in [3.63, 3.8) is 0 Å². The van der Waals surface area contributed by atoms with Gasteiger partial charge in [-0.2, -0.15) is 0 Å². The van der Waals surface area contributed by atoms with Gasteiger partial charge in [-0.05, 0) is 5.56 Å². The van der Waals surface area contributed by atoms with Crippen molar-refractivity contribution in [1.82, 2.24) is 5.32 Å². The maximum atomic E-state index is 9.09. The van der Waals surface area contributed by atoms with E-state index in [2.05, 4.69) is 5.32 Å². The van der Waals surface area contributed by atoms with Crippen LogP contribution in [0.2, 0.25) is 0 Å². The van der Waals surface area contributed by atoms with E-state index in [1.807, 2.05) is 42.5 Å². The Kier molecular flexibility index (Phi) is 5.86. The summed E-state index contributed by atoms with van der Waals surface area (Å²) in [6.07, 6.45) is 3.81. The van der Waals surface area contributed by atoms with Gasteiger partial charge in [0.15, 0.2) is 0 Å². The maximum Gasteiger partial charge on any atom is 0.0884 e. The fourth-order valence-corrected chi connectivity index (χ4v) is 1.35. The topological polar surface area (TPSA) is 72.7 Å². The highest BCUT2D eigenvalue weighted by molar-refractivity contribution is 5.48. The summed E-state index contributed by atoms with van der Waals surface area (Å²) < 4.78 is 0. The number of hydrogen-bond donors (Lipinski definition) is 4. The van der Waals surface area contributed by atoms with Crippen LogP contribution >= 0.6 is 0 Å². The molecule has 0 unspecified atom stereocenters.